The van der Waals surface area contributed by atoms with E-state index in [-0.39, 0.29) is 41.7 Å². The molecule has 2 saturated heterocycles. The van der Waals surface area contributed by atoms with Crippen molar-refractivity contribution in [1.29, 1.82) is 0 Å². The summed E-state index contributed by atoms with van der Waals surface area (Å²) in [6.45, 7) is 5.87. The highest BCUT2D eigenvalue weighted by Gasteiger charge is 2.42. The minimum atomic E-state index is -0.578. The predicted molar refractivity (Wildman–Crippen MR) is 216 cm³/mol. The highest BCUT2D eigenvalue weighted by molar-refractivity contribution is 8.00. The lowest BCUT2D eigenvalue weighted by Gasteiger charge is -2.16. The Labute approximate surface area is 332 Å². The number of ether oxygens (including phenoxy) is 3. The zero-order valence-electron chi connectivity index (χ0n) is 33.1. The van der Waals surface area contributed by atoms with E-state index in [1.165, 1.54) is 0 Å². The second-order valence-electron chi connectivity index (χ2n) is 14.3. The summed E-state index contributed by atoms with van der Waals surface area (Å²) in [5.74, 6) is 0.951. The predicted octanol–water partition coefficient (Wildman–Crippen LogP) is 1.58. The van der Waals surface area contributed by atoms with Crippen molar-refractivity contribution in [3.63, 3.8) is 0 Å². The van der Waals surface area contributed by atoms with Gasteiger partial charge >= 0.3 is 6.03 Å². The van der Waals surface area contributed by atoms with Crippen LogP contribution in [0.1, 0.15) is 109 Å². The van der Waals surface area contributed by atoms with E-state index in [2.05, 4.69) is 31.9 Å². The first-order valence-electron chi connectivity index (χ1n) is 20.8. The Bertz CT molecular complexity index is 1080. The quantitative estimate of drug-likeness (QED) is 0.0335. The van der Waals surface area contributed by atoms with Crippen molar-refractivity contribution in [2.24, 2.45) is 11.5 Å². The molecule has 2 aliphatic heterocycles. The van der Waals surface area contributed by atoms with E-state index in [9.17, 15) is 24.0 Å². The lowest BCUT2D eigenvalue weighted by atomic mass is 10.0. The molecule has 2 rings (SSSR count). The van der Waals surface area contributed by atoms with Gasteiger partial charge in [0, 0.05) is 69.7 Å². The van der Waals surface area contributed by atoms with Crippen molar-refractivity contribution < 1.29 is 38.2 Å². The third-order valence-corrected chi connectivity index (χ3v) is 11.0. The Morgan fingerprint density at radius 2 is 1.15 bits per heavy atom. The molecule has 10 N–H and O–H groups in total. The highest BCUT2D eigenvalue weighted by atomic mass is 32.2. The van der Waals surface area contributed by atoms with Gasteiger partial charge in [-0.2, -0.15) is 11.8 Å². The minimum Gasteiger partial charge on any atom is -0.379 e. The molecule has 0 saturated carbocycles. The summed E-state index contributed by atoms with van der Waals surface area (Å²) in [5, 5.41) is 18.0. The SMILES string of the molecule is NCCCCCC(=O)NCCCCCC(=O)NCCCC[C@H](N)C(=O)NCCCOCCOCCOCCCNC(=O)CCCC[C@@H]1SC[C@@H]2NC(=O)N[C@@H]21. The first-order chi connectivity index (χ1) is 26.8. The van der Waals surface area contributed by atoms with Gasteiger partial charge in [0.25, 0.3) is 0 Å². The van der Waals surface area contributed by atoms with Crippen molar-refractivity contribution in [1.82, 2.24) is 31.9 Å². The molecule has 2 heterocycles. The molecule has 0 unspecified atom stereocenters. The number of carbonyl (C=O) groups excluding carboxylic acids is 5. The molecule has 2 aliphatic rings. The van der Waals surface area contributed by atoms with Gasteiger partial charge in [-0.3, -0.25) is 19.2 Å². The molecule has 55 heavy (non-hydrogen) atoms. The first-order valence-corrected chi connectivity index (χ1v) is 21.8. The van der Waals surface area contributed by atoms with Crippen LogP contribution in [-0.4, -0.2) is 131 Å². The number of nitrogens with one attached hydrogen (secondary N) is 6. The number of urea groups is 1. The molecule has 2 fully saturated rings. The van der Waals surface area contributed by atoms with Crippen molar-refractivity contribution in [3.8, 4) is 0 Å². The standard InChI is InChI=1S/C38H72N8O8S/c39-18-8-1-3-15-33(47)41-19-9-2-4-16-34(48)42-20-10-7-13-30(40)37(50)44-22-12-24-53-26-28-54-27-25-52-23-11-21-43-35(49)17-6-5-14-32-36-31(29-55-32)45-38(51)46-36/h30-32,36H,1-29,39-40H2,(H,41,47)(H,42,48)(H,43,49)(H,44,50)(H2,45,46,51)/t30-,31-,32-,36-/m0/s1. The number of amides is 6. The van der Waals surface area contributed by atoms with Crippen LogP contribution in [0.15, 0.2) is 0 Å². The number of carbonyl (C=O) groups is 5. The van der Waals surface area contributed by atoms with Crippen molar-refractivity contribution >= 4 is 41.4 Å². The fraction of sp³-hybridized carbons (Fsp3) is 0.868. The highest BCUT2D eigenvalue weighted by Crippen LogP contribution is 2.33. The van der Waals surface area contributed by atoms with Gasteiger partial charge in [-0.1, -0.05) is 19.3 Å². The molecule has 4 atom stereocenters. The lowest BCUT2D eigenvalue weighted by Crippen LogP contribution is -2.41. The average molecular weight is 801 g/mol. The number of rotatable bonds is 36. The Kier molecular flexibility index (Phi) is 28.5. The summed E-state index contributed by atoms with van der Waals surface area (Å²) >= 11 is 1.90. The van der Waals surface area contributed by atoms with Gasteiger partial charge in [-0.25, -0.2) is 4.79 Å². The van der Waals surface area contributed by atoms with E-state index in [1.54, 1.807) is 0 Å². The lowest BCUT2D eigenvalue weighted by molar-refractivity contribution is -0.123. The van der Waals surface area contributed by atoms with Crippen molar-refractivity contribution in [2.75, 3.05) is 78.1 Å². The maximum atomic E-state index is 12.2. The minimum absolute atomic E-state index is 0.0241. The molecule has 318 valence electrons. The molecule has 0 aromatic carbocycles. The number of thioether (sulfide) groups is 1. The zero-order valence-corrected chi connectivity index (χ0v) is 34.0. The van der Waals surface area contributed by atoms with Gasteiger partial charge < -0.3 is 57.6 Å². The van der Waals surface area contributed by atoms with Crippen molar-refractivity contribution in [2.45, 2.75) is 133 Å². The van der Waals surface area contributed by atoms with E-state index >= 15 is 0 Å². The summed E-state index contributed by atoms with van der Waals surface area (Å²) in [6.07, 6.45) is 13.2. The average Bonchev–Trinajstić information content (AvgIpc) is 3.73. The van der Waals surface area contributed by atoms with Crippen LogP contribution in [0.2, 0.25) is 0 Å². The van der Waals surface area contributed by atoms with Crippen LogP contribution in [-0.2, 0) is 33.4 Å². The number of hydrogen-bond donors (Lipinski definition) is 8. The smallest absolute Gasteiger partial charge is 0.315 e. The van der Waals surface area contributed by atoms with Gasteiger partial charge in [-0.15, -0.1) is 0 Å². The Morgan fingerprint density at radius 1 is 0.636 bits per heavy atom. The summed E-state index contributed by atoms with van der Waals surface area (Å²) in [5.41, 5.74) is 11.5. The molecule has 6 amide bonds. The van der Waals surface area contributed by atoms with E-state index in [1.807, 2.05) is 11.8 Å². The van der Waals surface area contributed by atoms with Crippen LogP contribution in [0.25, 0.3) is 0 Å². The Hall–Kier alpha value is -2.70. The van der Waals surface area contributed by atoms with Crippen LogP contribution in [0.3, 0.4) is 0 Å². The second kappa shape index (κ2) is 32.4. The Balaban J connectivity index is 1.25. The molecule has 0 radical (unpaired) electrons. The third-order valence-electron chi connectivity index (χ3n) is 9.49. The van der Waals surface area contributed by atoms with Crippen molar-refractivity contribution in [3.05, 3.63) is 0 Å². The van der Waals surface area contributed by atoms with Crippen LogP contribution in [0.5, 0.6) is 0 Å². The topological polar surface area (TPSA) is 237 Å². The third kappa shape index (κ3) is 25.2. The molecule has 16 nitrogen and oxygen atoms in total. The monoisotopic (exact) mass is 801 g/mol. The van der Waals surface area contributed by atoms with Crippen LogP contribution < -0.4 is 43.4 Å². The van der Waals surface area contributed by atoms with Gasteiger partial charge in [0.2, 0.25) is 23.6 Å². The second-order valence-corrected chi connectivity index (χ2v) is 15.5. The molecule has 0 bridgehead atoms. The number of unbranched alkanes of at least 4 members (excludes halogenated alkanes) is 6. The van der Waals surface area contributed by atoms with Crippen LogP contribution in [0.4, 0.5) is 4.79 Å². The van der Waals surface area contributed by atoms with Gasteiger partial charge in [0.15, 0.2) is 0 Å². The Morgan fingerprint density at radius 3 is 1.75 bits per heavy atom. The molecule has 0 aliphatic carbocycles. The van der Waals surface area contributed by atoms with Gasteiger partial charge in [0.1, 0.15) is 0 Å². The summed E-state index contributed by atoms with van der Waals surface area (Å²) in [4.78, 5) is 59.6. The summed E-state index contributed by atoms with van der Waals surface area (Å²) < 4.78 is 16.7. The summed E-state index contributed by atoms with van der Waals surface area (Å²) in [6, 6.07) is -0.181. The van der Waals surface area contributed by atoms with Gasteiger partial charge in [-0.05, 0) is 77.2 Å². The largest absolute Gasteiger partial charge is 0.379 e. The fourth-order valence-electron chi connectivity index (χ4n) is 6.27. The van der Waals surface area contributed by atoms with E-state index < -0.39 is 6.04 Å². The number of nitrogens with two attached hydrogens (primary N) is 2. The molecule has 0 aromatic rings. The molecular weight excluding hydrogens is 729 g/mol. The zero-order chi connectivity index (χ0) is 39.8. The molecule has 17 heteroatoms. The van der Waals surface area contributed by atoms with E-state index in [0.717, 1.165) is 82.8 Å². The number of fused-ring (bicyclic) bond motifs is 1. The van der Waals surface area contributed by atoms with Crippen LogP contribution in [0, 0.1) is 0 Å². The van der Waals surface area contributed by atoms with E-state index in [4.69, 9.17) is 25.7 Å². The fourth-order valence-corrected chi connectivity index (χ4v) is 7.81. The maximum Gasteiger partial charge on any atom is 0.315 e. The van der Waals surface area contributed by atoms with Gasteiger partial charge in [0.05, 0.1) is 44.6 Å². The number of hydrogen-bond acceptors (Lipinski definition) is 11. The van der Waals surface area contributed by atoms with E-state index in [0.29, 0.717) is 110 Å². The summed E-state index contributed by atoms with van der Waals surface area (Å²) in [7, 11) is 0. The normalized spacial score (nSPS) is 17.9. The van der Waals surface area contributed by atoms with Crippen LogP contribution >= 0.6 is 11.8 Å². The molecule has 0 spiro atoms. The molecular formula is C38H72N8O8S. The molecule has 0 aromatic heterocycles. The maximum absolute atomic E-state index is 12.2. The first kappa shape index (κ1) is 48.4.